The summed E-state index contributed by atoms with van der Waals surface area (Å²) in [6, 6.07) is 54.2. The Balaban J connectivity index is 1.10. The summed E-state index contributed by atoms with van der Waals surface area (Å²) in [7, 11) is 0. The SMILES string of the molecule is C=C(/C=C(\N=C(/C)c1ccc(-c2ccc3c4ccccc4c4ccccc4c3c2)cc1)c1ccccc1)C1=CC=C(c2ccccc2)CC1. The van der Waals surface area contributed by atoms with Crippen LogP contribution in [0.4, 0.5) is 0 Å². The molecule has 234 valence electrons. The van der Waals surface area contributed by atoms with E-state index in [2.05, 4.69) is 177 Å². The van der Waals surface area contributed by atoms with Crippen molar-refractivity contribution in [2.45, 2.75) is 19.8 Å². The van der Waals surface area contributed by atoms with Crippen molar-refractivity contribution in [3.8, 4) is 11.1 Å². The van der Waals surface area contributed by atoms with Gasteiger partial charge in [0.2, 0.25) is 0 Å². The first kappa shape index (κ1) is 30.3. The lowest BCUT2D eigenvalue weighted by molar-refractivity contribution is 0.995. The predicted octanol–water partition coefficient (Wildman–Crippen LogP) is 13.0. The monoisotopic (exact) mass is 627 g/mol. The molecule has 0 aliphatic heterocycles. The van der Waals surface area contributed by atoms with Crippen molar-refractivity contribution >= 4 is 49.3 Å². The largest absolute Gasteiger partial charge is 0.252 e. The molecule has 0 saturated heterocycles. The second kappa shape index (κ2) is 13.2. The van der Waals surface area contributed by atoms with Gasteiger partial charge >= 0.3 is 0 Å². The fourth-order valence-corrected chi connectivity index (χ4v) is 7.08. The fourth-order valence-electron chi connectivity index (χ4n) is 7.08. The molecular formula is C48H37N. The first-order chi connectivity index (χ1) is 24.1. The molecule has 0 amide bonds. The lowest BCUT2D eigenvalue weighted by Crippen LogP contribution is -1.98. The smallest absolute Gasteiger partial charge is 0.0711 e. The van der Waals surface area contributed by atoms with Gasteiger partial charge < -0.3 is 0 Å². The van der Waals surface area contributed by atoms with Crippen LogP contribution in [0.5, 0.6) is 0 Å². The summed E-state index contributed by atoms with van der Waals surface area (Å²) >= 11 is 0. The summed E-state index contributed by atoms with van der Waals surface area (Å²) in [5.41, 5.74) is 11.4. The number of nitrogens with zero attached hydrogens (tertiary/aromatic N) is 1. The van der Waals surface area contributed by atoms with Crippen LogP contribution >= 0.6 is 0 Å². The van der Waals surface area contributed by atoms with Crippen molar-refractivity contribution in [3.63, 3.8) is 0 Å². The minimum absolute atomic E-state index is 0.916. The van der Waals surface area contributed by atoms with Crippen LogP contribution in [0.3, 0.4) is 0 Å². The Morgan fingerprint density at radius 1 is 0.510 bits per heavy atom. The normalized spacial score (nSPS) is 13.8. The molecule has 1 aliphatic rings. The summed E-state index contributed by atoms with van der Waals surface area (Å²) in [5.74, 6) is 0. The molecule has 0 heterocycles. The van der Waals surface area contributed by atoms with Crippen molar-refractivity contribution in [2.24, 2.45) is 4.99 Å². The first-order valence-electron chi connectivity index (χ1n) is 17.0. The van der Waals surface area contributed by atoms with Crippen LogP contribution in [-0.2, 0) is 0 Å². The van der Waals surface area contributed by atoms with E-state index in [1.54, 1.807) is 0 Å². The Kier molecular flexibility index (Phi) is 8.17. The maximum Gasteiger partial charge on any atom is 0.0711 e. The molecule has 49 heavy (non-hydrogen) atoms. The van der Waals surface area contributed by atoms with Gasteiger partial charge in [-0.2, -0.15) is 0 Å². The Morgan fingerprint density at radius 2 is 1.06 bits per heavy atom. The number of aliphatic imine (C=N–C) groups is 1. The number of benzene rings is 7. The average molecular weight is 628 g/mol. The molecule has 8 rings (SSSR count). The van der Waals surface area contributed by atoms with Crippen LogP contribution in [0, 0.1) is 0 Å². The molecule has 0 fully saturated rings. The second-order valence-electron chi connectivity index (χ2n) is 12.8. The van der Waals surface area contributed by atoms with E-state index in [1.165, 1.54) is 60.2 Å². The molecular weight excluding hydrogens is 591 g/mol. The molecule has 0 unspecified atom stereocenters. The van der Waals surface area contributed by atoms with E-state index in [9.17, 15) is 0 Å². The van der Waals surface area contributed by atoms with Crippen LogP contribution in [0.25, 0.3) is 54.7 Å². The van der Waals surface area contributed by atoms with Gasteiger partial charge in [0, 0.05) is 11.3 Å². The van der Waals surface area contributed by atoms with Crippen LogP contribution in [0.2, 0.25) is 0 Å². The third-order valence-electron chi connectivity index (χ3n) is 9.76. The molecule has 7 aromatic rings. The molecule has 1 heteroatoms. The van der Waals surface area contributed by atoms with E-state index in [1.807, 2.05) is 6.07 Å². The van der Waals surface area contributed by atoms with Gasteiger partial charge in [0.1, 0.15) is 0 Å². The van der Waals surface area contributed by atoms with Gasteiger partial charge in [-0.3, -0.25) is 4.99 Å². The zero-order chi connectivity index (χ0) is 33.2. The van der Waals surface area contributed by atoms with E-state index < -0.39 is 0 Å². The molecule has 0 radical (unpaired) electrons. The van der Waals surface area contributed by atoms with Gasteiger partial charge in [0.25, 0.3) is 0 Å². The van der Waals surface area contributed by atoms with E-state index >= 15 is 0 Å². The van der Waals surface area contributed by atoms with Gasteiger partial charge in [-0.15, -0.1) is 0 Å². The van der Waals surface area contributed by atoms with E-state index in [4.69, 9.17) is 4.99 Å². The highest BCUT2D eigenvalue weighted by Crippen LogP contribution is 2.37. The highest BCUT2D eigenvalue weighted by molar-refractivity contribution is 6.25. The van der Waals surface area contributed by atoms with Crippen LogP contribution in [-0.4, -0.2) is 5.71 Å². The van der Waals surface area contributed by atoms with Crippen molar-refractivity contribution in [2.75, 3.05) is 0 Å². The molecule has 1 aliphatic carbocycles. The topological polar surface area (TPSA) is 12.4 Å². The van der Waals surface area contributed by atoms with E-state index in [-0.39, 0.29) is 0 Å². The number of hydrogen-bond donors (Lipinski definition) is 0. The Morgan fingerprint density at radius 3 is 1.67 bits per heavy atom. The summed E-state index contributed by atoms with van der Waals surface area (Å²) in [5, 5.41) is 7.75. The number of allylic oxidation sites excluding steroid dienone is 6. The summed E-state index contributed by atoms with van der Waals surface area (Å²) < 4.78 is 0. The zero-order valence-corrected chi connectivity index (χ0v) is 27.7. The van der Waals surface area contributed by atoms with Gasteiger partial charge in [-0.05, 0) is 103 Å². The maximum atomic E-state index is 5.20. The highest BCUT2D eigenvalue weighted by Gasteiger charge is 2.13. The third-order valence-corrected chi connectivity index (χ3v) is 9.76. The lowest BCUT2D eigenvalue weighted by Gasteiger charge is -2.16. The summed E-state index contributed by atoms with van der Waals surface area (Å²) in [6.07, 6.45) is 8.57. The molecule has 0 N–H and O–H groups in total. The highest BCUT2D eigenvalue weighted by atomic mass is 14.8. The number of fused-ring (bicyclic) bond motifs is 6. The second-order valence-corrected chi connectivity index (χ2v) is 12.8. The predicted molar refractivity (Wildman–Crippen MR) is 212 cm³/mol. The van der Waals surface area contributed by atoms with Crippen LogP contribution in [0.15, 0.2) is 193 Å². The molecule has 0 bridgehead atoms. The molecule has 0 aromatic heterocycles. The van der Waals surface area contributed by atoms with Gasteiger partial charge in [-0.25, -0.2) is 0 Å². The van der Waals surface area contributed by atoms with E-state index in [0.717, 1.165) is 41.0 Å². The Labute approximate surface area is 288 Å². The van der Waals surface area contributed by atoms with Crippen molar-refractivity contribution in [3.05, 3.63) is 204 Å². The minimum Gasteiger partial charge on any atom is -0.252 e. The molecule has 0 saturated carbocycles. The molecule has 7 aromatic carbocycles. The molecule has 1 nitrogen and oxygen atoms in total. The van der Waals surface area contributed by atoms with E-state index in [0.29, 0.717) is 0 Å². The third kappa shape index (κ3) is 6.08. The Hall–Kier alpha value is -6.05. The van der Waals surface area contributed by atoms with Crippen molar-refractivity contribution < 1.29 is 0 Å². The molecule has 0 atom stereocenters. The Bertz CT molecular complexity index is 2440. The van der Waals surface area contributed by atoms with Gasteiger partial charge in [0.15, 0.2) is 0 Å². The van der Waals surface area contributed by atoms with Crippen LogP contribution in [0.1, 0.15) is 36.5 Å². The fraction of sp³-hybridized carbons (Fsp3) is 0.0625. The molecule has 0 spiro atoms. The quantitative estimate of drug-likeness (QED) is 0.0947. The standard InChI is InChI=1S/C48H37N/c1-33(35-21-25-38(26-22-35)37-13-5-3-6-14-37)31-48(40-15-7-4-8-16-40)49-34(2)36-23-27-39(28-24-36)41-29-30-46-44-19-10-9-17-42(44)43-18-11-12-20-45(43)47(46)32-41/h3-21,23-25,27-32H,1,22,26H2,2H3/b48-31-,49-34+. The van der Waals surface area contributed by atoms with Crippen molar-refractivity contribution in [1.29, 1.82) is 0 Å². The summed E-state index contributed by atoms with van der Waals surface area (Å²) in [6.45, 7) is 6.57. The van der Waals surface area contributed by atoms with Crippen LogP contribution < -0.4 is 0 Å². The lowest BCUT2D eigenvalue weighted by atomic mass is 9.90. The van der Waals surface area contributed by atoms with Crippen molar-refractivity contribution in [1.82, 2.24) is 0 Å². The first-order valence-corrected chi connectivity index (χ1v) is 17.0. The maximum absolute atomic E-state index is 5.20. The number of hydrogen-bond acceptors (Lipinski definition) is 1. The van der Waals surface area contributed by atoms with Gasteiger partial charge in [-0.1, -0.05) is 164 Å². The minimum atomic E-state index is 0.916. The number of rotatable bonds is 7. The average Bonchev–Trinajstić information content (AvgIpc) is 3.18. The zero-order valence-electron chi connectivity index (χ0n) is 27.7. The van der Waals surface area contributed by atoms with Gasteiger partial charge in [0.05, 0.1) is 5.70 Å². The summed E-state index contributed by atoms with van der Waals surface area (Å²) in [4.78, 5) is 5.20.